The molecule has 1 heterocycles. The van der Waals surface area contributed by atoms with Gasteiger partial charge in [-0.05, 0) is 39.1 Å². The number of rotatable bonds is 9. The number of methoxy groups -OCH3 is 1. The molecule has 0 bridgehead atoms. The normalized spacial score (nSPS) is 12.6. The molecule has 0 saturated carbocycles. The summed E-state index contributed by atoms with van der Waals surface area (Å²) >= 11 is 0. The largest absolute Gasteiger partial charge is 0.482 e. The molecule has 166 valence electrons. The molecule has 2 aromatic rings. The summed E-state index contributed by atoms with van der Waals surface area (Å²) in [4.78, 5) is 16.3. The fraction of sp³-hybridized carbons (Fsp3) is 0.318. The van der Waals surface area contributed by atoms with E-state index < -0.39 is 17.9 Å². The van der Waals surface area contributed by atoms with Gasteiger partial charge in [0.05, 0.1) is 12.7 Å². The van der Waals surface area contributed by atoms with Gasteiger partial charge in [-0.1, -0.05) is 6.07 Å². The number of nitrogens with one attached hydrogen (secondary N) is 3. The molecule has 8 nitrogen and oxygen atoms in total. The van der Waals surface area contributed by atoms with Gasteiger partial charge in [-0.2, -0.15) is 0 Å². The number of likely N-dealkylation sites (N-methyl/N-ethyl adjacent to an activating group) is 2. The Morgan fingerprint density at radius 3 is 2.61 bits per heavy atom. The number of hydrogen-bond donors (Lipinski definition) is 4. The molecule has 1 atom stereocenters. The van der Waals surface area contributed by atoms with Crippen LogP contribution in [0.25, 0.3) is 5.57 Å². The van der Waals surface area contributed by atoms with Crippen molar-refractivity contribution in [2.24, 2.45) is 0 Å². The molecule has 0 spiro atoms. The highest BCUT2D eigenvalue weighted by molar-refractivity contribution is 6.22. The highest BCUT2D eigenvalue weighted by atomic mass is 19.1. The number of carbonyl (C=O) groups excluding carboxylic acids is 1. The molecule has 9 heteroatoms. The molecule has 0 radical (unpaired) electrons. The maximum atomic E-state index is 13.7. The molecule has 0 aliphatic heterocycles. The summed E-state index contributed by atoms with van der Waals surface area (Å²) in [6, 6.07) is 5.52. The number of allylic oxidation sites excluding steroid dienone is 1. The van der Waals surface area contributed by atoms with Crippen molar-refractivity contribution in [2.75, 3.05) is 33.5 Å². The van der Waals surface area contributed by atoms with E-state index >= 15 is 0 Å². The number of nitrogens with two attached hydrogens (primary N) is 1. The fourth-order valence-electron chi connectivity index (χ4n) is 3.21. The van der Waals surface area contributed by atoms with Gasteiger partial charge in [0.25, 0.3) is 0 Å². The second kappa shape index (κ2) is 10.5. The van der Waals surface area contributed by atoms with Crippen molar-refractivity contribution in [1.82, 2.24) is 15.6 Å². The Morgan fingerprint density at radius 2 is 2.03 bits per heavy atom. The monoisotopic (exact) mass is 429 g/mol. The summed E-state index contributed by atoms with van der Waals surface area (Å²) < 4.78 is 24.4. The molecule has 1 aromatic carbocycles. The van der Waals surface area contributed by atoms with Crippen molar-refractivity contribution in [3.8, 4) is 5.75 Å². The van der Waals surface area contributed by atoms with Crippen LogP contribution in [0.4, 0.5) is 10.2 Å². The van der Waals surface area contributed by atoms with Gasteiger partial charge in [0.15, 0.2) is 11.6 Å². The van der Waals surface area contributed by atoms with Gasteiger partial charge in [0.2, 0.25) is 0 Å². The van der Waals surface area contributed by atoms with E-state index in [4.69, 9.17) is 20.6 Å². The summed E-state index contributed by atoms with van der Waals surface area (Å²) in [5, 5.41) is 14.4. The molecular weight excluding hydrogens is 401 g/mol. The van der Waals surface area contributed by atoms with Crippen LogP contribution >= 0.6 is 0 Å². The summed E-state index contributed by atoms with van der Waals surface area (Å²) in [6.45, 7) is 3.92. The Balaban J connectivity index is 2.48. The van der Waals surface area contributed by atoms with Crippen molar-refractivity contribution in [1.29, 1.82) is 5.41 Å². The van der Waals surface area contributed by atoms with Crippen LogP contribution in [0.15, 0.2) is 36.2 Å². The molecule has 1 unspecified atom stereocenters. The third kappa shape index (κ3) is 5.58. The first-order chi connectivity index (χ1) is 14.7. The van der Waals surface area contributed by atoms with Gasteiger partial charge in [0.1, 0.15) is 11.9 Å². The summed E-state index contributed by atoms with van der Waals surface area (Å²) in [5.41, 5.74) is 9.01. The van der Waals surface area contributed by atoms with Gasteiger partial charge in [-0.25, -0.2) is 14.2 Å². The summed E-state index contributed by atoms with van der Waals surface area (Å²) in [7, 11) is 4.82. The zero-order chi connectivity index (χ0) is 23.1. The van der Waals surface area contributed by atoms with Crippen LogP contribution in [0.2, 0.25) is 0 Å². The molecule has 0 aliphatic carbocycles. The van der Waals surface area contributed by atoms with Crippen LogP contribution in [0.1, 0.15) is 41.4 Å². The zero-order valence-corrected chi connectivity index (χ0v) is 18.3. The Kier molecular flexibility index (Phi) is 8.09. The maximum Gasteiger partial charge on any atom is 0.338 e. The van der Waals surface area contributed by atoms with Crippen LogP contribution in [0, 0.1) is 11.2 Å². The minimum atomic E-state index is -0.667. The standard InChI is InChI=1S/C22H28FN5O3/c1-12(24)20(18(27-4)11-26-3)14-8-19(21(25)28-10-14)31-13(2)16-7-6-15(23)9-17(16)22(29)30-5/h6-10,13,24,26-27H,11H2,1-5H3,(H2,25,28)/b20-18+,24-12?. The third-order valence-corrected chi connectivity index (χ3v) is 4.66. The van der Waals surface area contributed by atoms with Gasteiger partial charge in [0, 0.05) is 47.9 Å². The van der Waals surface area contributed by atoms with Crippen molar-refractivity contribution in [3.05, 3.63) is 58.7 Å². The molecule has 1 aromatic heterocycles. The number of nitrogen functional groups attached to an aromatic ring is 1. The number of anilines is 1. The molecule has 0 fully saturated rings. The lowest BCUT2D eigenvalue weighted by atomic mass is 10.0. The van der Waals surface area contributed by atoms with Crippen LogP contribution in [-0.2, 0) is 4.74 Å². The number of benzene rings is 1. The number of hydrogen-bond acceptors (Lipinski definition) is 8. The third-order valence-electron chi connectivity index (χ3n) is 4.66. The number of ether oxygens (including phenoxy) is 2. The van der Waals surface area contributed by atoms with E-state index in [9.17, 15) is 9.18 Å². The van der Waals surface area contributed by atoms with E-state index in [0.717, 1.165) is 11.8 Å². The molecule has 5 N–H and O–H groups in total. The first-order valence-corrected chi connectivity index (χ1v) is 9.64. The quantitative estimate of drug-likeness (QED) is 0.357. The smallest absolute Gasteiger partial charge is 0.338 e. The molecule has 0 saturated heterocycles. The van der Waals surface area contributed by atoms with E-state index in [2.05, 4.69) is 15.6 Å². The fourth-order valence-corrected chi connectivity index (χ4v) is 3.21. The Labute approximate surface area is 181 Å². The van der Waals surface area contributed by atoms with E-state index in [1.807, 2.05) is 7.05 Å². The average Bonchev–Trinajstić information content (AvgIpc) is 2.74. The second-order valence-electron chi connectivity index (χ2n) is 6.85. The van der Waals surface area contributed by atoms with Crippen molar-refractivity contribution in [2.45, 2.75) is 20.0 Å². The van der Waals surface area contributed by atoms with Gasteiger partial charge >= 0.3 is 5.97 Å². The van der Waals surface area contributed by atoms with Crippen LogP contribution in [0.3, 0.4) is 0 Å². The predicted octanol–water partition coefficient (Wildman–Crippen LogP) is 2.92. The minimum Gasteiger partial charge on any atom is -0.482 e. The first kappa shape index (κ1) is 23.8. The first-order valence-electron chi connectivity index (χ1n) is 9.64. The van der Waals surface area contributed by atoms with Crippen molar-refractivity contribution >= 4 is 23.1 Å². The molecule has 0 aliphatic rings. The topological polar surface area (TPSA) is 122 Å². The highest BCUT2D eigenvalue weighted by Gasteiger charge is 2.21. The van der Waals surface area contributed by atoms with Gasteiger partial charge in [-0.15, -0.1) is 0 Å². The number of carbonyl (C=O) groups is 1. The summed E-state index contributed by atoms with van der Waals surface area (Å²) in [5.74, 6) is -0.789. The lowest BCUT2D eigenvalue weighted by Crippen LogP contribution is -2.23. The SMILES string of the molecule is CNC/C(NC)=C(/C(C)=N)c1cnc(N)c(OC(C)c2ccc(F)cc2C(=O)OC)c1. The van der Waals surface area contributed by atoms with Crippen molar-refractivity contribution in [3.63, 3.8) is 0 Å². The molecule has 31 heavy (non-hydrogen) atoms. The number of esters is 1. The van der Waals surface area contributed by atoms with Crippen LogP contribution in [0.5, 0.6) is 5.75 Å². The molecule has 0 amide bonds. The molecule has 2 rings (SSSR count). The number of aromatic nitrogens is 1. The van der Waals surface area contributed by atoms with E-state index in [-0.39, 0.29) is 17.1 Å². The van der Waals surface area contributed by atoms with E-state index in [1.165, 1.54) is 19.2 Å². The van der Waals surface area contributed by atoms with Crippen LogP contribution < -0.4 is 21.1 Å². The van der Waals surface area contributed by atoms with E-state index in [0.29, 0.717) is 29.0 Å². The highest BCUT2D eigenvalue weighted by Crippen LogP contribution is 2.31. The Hall–Kier alpha value is -3.46. The van der Waals surface area contributed by atoms with Crippen LogP contribution in [-0.4, -0.2) is 44.4 Å². The zero-order valence-electron chi connectivity index (χ0n) is 18.3. The van der Waals surface area contributed by atoms with E-state index in [1.54, 1.807) is 33.2 Å². The van der Waals surface area contributed by atoms with Gasteiger partial charge in [-0.3, -0.25) is 0 Å². The second-order valence-corrected chi connectivity index (χ2v) is 6.85. The molecular formula is C22H28FN5O3. The Bertz CT molecular complexity index is 1010. The lowest BCUT2D eigenvalue weighted by Gasteiger charge is -2.20. The van der Waals surface area contributed by atoms with Crippen molar-refractivity contribution < 1.29 is 18.7 Å². The number of nitrogens with zero attached hydrogens (tertiary/aromatic N) is 1. The van der Waals surface area contributed by atoms with Gasteiger partial charge < -0.3 is 31.3 Å². The number of halogens is 1. The lowest BCUT2D eigenvalue weighted by molar-refractivity contribution is 0.0595. The maximum absolute atomic E-state index is 13.7. The predicted molar refractivity (Wildman–Crippen MR) is 119 cm³/mol. The summed E-state index contributed by atoms with van der Waals surface area (Å²) in [6.07, 6.45) is 0.925. The average molecular weight is 429 g/mol. The minimum absolute atomic E-state index is 0.0695. The number of pyridine rings is 1. The Morgan fingerprint density at radius 1 is 1.32 bits per heavy atom.